The molecule has 2 atom stereocenters. The summed E-state index contributed by atoms with van der Waals surface area (Å²) in [6.07, 6.45) is -0.827. The van der Waals surface area contributed by atoms with Crippen LogP contribution in [0.15, 0.2) is 24.3 Å². The summed E-state index contributed by atoms with van der Waals surface area (Å²) in [6.45, 7) is 4.34. The van der Waals surface area contributed by atoms with Gasteiger partial charge in [-0.3, -0.25) is 0 Å². The maximum Gasteiger partial charge on any atom is 0.105 e. The molecule has 2 nitrogen and oxygen atoms in total. The summed E-state index contributed by atoms with van der Waals surface area (Å²) < 4.78 is 5.30. The van der Waals surface area contributed by atoms with E-state index in [2.05, 4.69) is 0 Å². The molecule has 78 valence electrons. The zero-order chi connectivity index (χ0) is 10.6. The lowest BCUT2D eigenvalue weighted by Crippen LogP contribution is -2.18. The van der Waals surface area contributed by atoms with E-state index in [4.69, 9.17) is 16.3 Å². The van der Waals surface area contributed by atoms with Crippen molar-refractivity contribution in [2.75, 3.05) is 6.61 Å². The standard InChI is InChI=1S/C11H15ClO2/c1-3-14-8(2)11(13)9-5-4-6-10(12)7-9/h4-8,11,13H,3H2,1-2H3. The predicted molar refractivity (Wildman–Crippen MR) is 57.5 cm³/mol. The number of aliphatic hydroxyl groups excluding tert-OH is 1. The van der Waals surface area contributed by atoms with Crippen molar-refractivity contribution in [3.05, 3.63) is 34.9 Å². The van der Waals surface area contributed by atoms with E-state index < -0.39 is 6.10 Å². The quantitative estimate of drug-likeness (QED) is 0.835. The highest BCUT2D eigenvalue weighted by atomic mass is 35.5. The van der Waals surface area contributed by atoms with E-state index in [0.717, 1.165) is 5.56 Å². The Kier molecular flexibility index (Phi) is 4.39. The van der Waals surface area contributed by atoms with Gasteiger partial charge in [-0.05, 0) is 31.5 Å². The van der Waals surface area contributed by atoms with Gasteiger partial charge in [0.1, 0.15) is 6.10 Å². The molecule has 0 bridgehead atoms. The van der Waals surface area contributed by atoms with Crippen LogP contribution in [0.5, 0.6) is 0 Å². The first kappa shape index (κ1) is 11.5. The monoisotopic (exact) mass is 214 g/mol. The lowest BCUT2D eigenvalue weighted by atomic mass is 10.1. The first-order valence-corrected chi connectivity index (χ1v) is 5.08. The van der Waals surface area contributed by atoms with Crippen LogP contribution in [0.25, 0.3) is 0 Å². The fourth-order valence-corrected chi connectivity index (χ4v) is 1.51. The summed E-state index contributed by atoms with van der Waals surface area (Å²) in [5.41, 5.74) is 0.790. The third kappa shape index (κ3) is 2.98. The van der Waals surface area contributed by atoms with Crippen LogP contribution in [0.2, 0.25) is 5.02 Å². The van der Waals surface area contributed by atoms with Gasteiger partial charge in [0.05, 0.1) is 6.10 Å². The maximum atomic E-state index is 9.86. The number of hydrogen-bond donors (Lipinski definition) is 1. The molecular formula is C11H15ClO2. The molecule has 0 amide bonds. The van der Waals surface area contributed by atoms with Gasteiger partial charge in [-0.15, -0.1) is 0 Å². The van der Waals surface area contributed by atoms with E-state index in [1.54, 1.807) is 12.1 Å². The molecule has 1 aromatic carbocycles. The molecular weight excluding hydrogens is 200 g/mol. The highest BCUT2D eigenvalue weighted by Crippen LogP contribution is 2.21. The molecule has 0 saturated carbocycles. The second kappa shape index (κ2) is 5.35. The molecule has 3 heteroatoms. The van der Waals surface area contributed by atoms with Crippen LogP contribution >= 0.6 is 11.6 Å². The Bertz CT molecular complexity index is 288. The Hall–Kier alpha value is -0.570. The summed E-state index contributed by atoms with van der Waals surface area (Å²) in [5.74, 6) is 0. The van der Waals surface area contributed by atoms with Crippen molar-refractivity contribution >= 4 is 11.6 Å². The Balaban J connectivity index is 2.73. The minimum atomic E-state index is -0.617. The molecule has 0 spiro atoms. The van der Waals surface area contributed by atoms with Gasteiger partial charge in [0.2, 0.25) is 0 Å². The van der Waals surface area contributed by atoms with Gasteiger partial charge in [-0.1, -0.05) is 23.7 Å². The van der Waals surface area contributed by atoms with Crippen molar-refractivity contribution in [3.63, 3.8) is 0 Å². The summed E-state index contributed by atoms with van der Waals surface area (Å²) >= 11 is 5.82. The van der Waals surface area contributed by atoms with E-state index in [0.29, 0.717) is 11.6 Å². The number of rotatable bonds is 4. The number of aliphatic hydroxyl groups is 1. The number of benzene rings is 1. The fraction of sp³-hybridized carbons (Fsp3) is 0.455. The average molecular weight is 215 g/mol. The van der Waals surface area contributed by atoms with Crippen molar-refractivity contribution in [1.29, 1.82) is 0 Å². The zero-order valence-electron chi connectivity index (χ0n) is 8.40. The van der Waals surface area contributed by atoms with Crippen LogP contribution in [0.3, 0.4) is 0 Å². The molecule has 0 aromatic heterocycles. The number of halogens is 1. The molecule has 0 aliphatic carbocycles. The van der Waals surface area contributed by atoms with Crippen LogP contribution in [-0.4, -0.2) is 17.8 Å². The van der Waals surface area contributed by atoms with Crippen LogP contribution in [-0.2, 0) is 4.74 Å². The summed E-state index contributed by atoms with van der Waals surface area (Å²) in [6, 6.07) is 7.19. The average Bonchev–Trinajstić information content (AvgIpc) is 2.17. The Morgan fingerprint density at radius 1 is 1.50 bits per heavy atom. The maximum absolute atomic E-state index is 9.86. The van der Waals surface area contributed by atoms with Crippen molar-refractivity contribution in [3.8, 4) is 0 Å². The Morgan fingerprint density at radius 2 is 2.21 bits per heavy atom. The van der Waals surface area contributed by atoms with Gasteiger partial charge in [0, 0.05) is 11.6 Å². The molecule has 0 aliphatic heterocycles. The van der Waals surface area contributed by atoms with Gasteiger partial charge in [-0.2, -0.15) is 0 Å². The Morgan fingerprint density at radius 3 is 2.79 bits per heavy atom. The summed E-state index contributed by atoms with van der Waals surface area (Å²) in [5, 5.41) is 10.5. The first-order chi connectivity index (χ1) is 6.65. The molecule has 0 fully saturated rings. The predicted octanol–water partition coefficient (Wildman–Crippen LogP) is 2.80. The molecule has 1 rings (SSSR count). The second-order valence-electron chi connectivity index (χ2n) is 3.16. The van der Waals surface area contributed by atoms with Gasteiger partial charge in [-0.25, -0.2) is 0 Å². The second-order valence-corrected chi connectivity index (χ2v) is 3.60. The SMILES string of the molecule is CCOC(C)C(O)c1cccc(Cl)c1. The van der Waals surface area contributed by atoms with Gasteiger partial charge < -0.3 is 9.84 Å². The summed E-state index contributed by atoms with van der Waals surface area (Å²) in [4.78, 5) is 0. The Labute approximate surface area is 89.5 Å². The smallest absolute Gasteiger partial charge is 0.105 e. The minimum Gasteiger partial charge on any atom is -0.386 e. The third-order valence-corrected chi connectivity index (χ3v) is 2.30. The van der Waals surface area contributed by atoms with Crippen molar-refractivity contribution < 1.29 is 9.84 Å². The van der Waals surface area contributed by atoms with E-state index in [1.807, 2.05) is 26.0 Å². The minimum absolute atomic E-state index is 0.210. The van der Waals surface area contributed by atoms with Crippen molar-refractivity contribution in [2.45, 2.75) is 26.1 Å². The van der Waals surface area contributed by atoms with E-state index in [-0.39, 0.29) is 6.10 Å². The van der Waals surface area contributed by atoms with Crippen molar-refractivity contribution in [1.82, 2.24) is 0 Å². The van der Waals surface area contributed by atoms with Crippen LogP contribution in [0, 0.1) is 0 Å². The highest BCUT2D eigenvalue weighted by molar-refractivity contribution is 6.30. The van der Waals surface area contributed by atoms with Crippen LogP contribution in [0.1, 0.15) is 25.5 Å². The molecule has 0 saturated heterocycles. The van der Waals surface area contributed by atoms with E-state index in [9.17, 15) is 5.11 Å². The van der Waals surface area contributed by atoms with Gasteiger partial charge >= 0.3 is 0 Å². The van der Waals surface area contributed by atoms with E-state index >= 15 is 0 Å². The van der Waals surface area contributed by atoms with E-state index in [1.165, 1.54) is 0 Å². The number of hydrogen-bond acceptors (Lipinski definition) is 2. The molecule has 1 N–H and O–H groups in total. The van der Waals surface area contributed by atoms with Crippen LogP contribution < -0.4 is 0 Å². The van der Waals surface area contributed by atoms with Crippen LogP contribution in [0.4, 0.5) is 0 Å². The molecule has 0 aliphatic rings. The normalized spacial score (nSPS) is 15.1. The number of ether oxygens (including phenoxy) is 1. The third-order valence-electron chi connectivity index (χ3n) is 2.06. The lowest BCUT2D eigenvalue weighted by Gasteiger charge is -2.19. The van der Waals surface area contributed by atoms with Gasteiger partial charge in [0.15, 0.2) is 0 Å². The summed E-state index contributed by atoms with van der Waals surface area (Å²) in [7, 11) is 0. The van der Waals surface area contributed by atoms with Gasteiger partial charge in [0.25, 0.3) is 0 Å². The first-order valence-electron chi connectivity index (χ1n) is 4.70. The molecule has 0 radical (unpaired) electrons. The fourth-order valence-electron chi connectivity index (χ4n) is 1.32. The molecule has 0 heterocycles. The van der Waals surface area contributed by atoms with Crippen molar-refractivity contribution in [2.24, 2.45) is 0 Å². The largest absolute Gasteiger partial charge is 0.386 e. The molecule has 14 heavy (non-hydrogen) atoms. The lowest BCUT2D eigenvalue weighted by molar-refractivity contribution is -0.0227. The molecule has 1 aromatic rings. The topological polar surface area (TPSA) is 29.5 Å². The zero-order valence-corrected chi connectivity index (χ0v) is 9.16. The molecule has 2 unspecified atom stereocenters. The highest BCUT2D eigenvalue weighted by Gasteiger charge is 2.16.